The van der Waals surface area contributed by atoms with E-state index in [1.165, 1.54) is 0 Å². The van der Waals surface area contributed by atoms with E-state index in [4.69, 9.17) is 0 Å². The summed E-state index contributed by atoms with van der Waals surface area (Å²) < 4.78 is 0. The molecule has 0 radical (unpaired) electrons. The van der Waals surface area contributed by atoms with Crippen molar-refractivity contribution in [2.45, 2.75) is 0 Å². The van der Waals surface area contributed by atoms with Gasteiger partial charge in [-0.15, -0.1) is 17.0 Å². The van der Waals surface area contributed by atoms with Crippen molar-refractivity contribution < 1.29 is 0 Å². The molecule has 0 N–H and O–H groups in total. The molecule has 10 heavy (non-hydrogen) atoms. The van der Waals surface area contributed by atoms with Gasteiger partial charge in [-0.25, -0.2) is 0 Å². The molecule has 2 atom stereocenters. The van der Waals surface area contributed by atoms with E-state index in [2.05, 4.69) is 37.5 Å². The summed E-state index contributed by atoms with van der Waals surface area (Å²) >= 11 is 0. The van der Waals surface area contributed by atoms with Crippen molar-refractivity contribution in [1.29, 1.82) is 0 Å². The van der Waals surface area contributed by atoms with E-state index in [-0.39, 0.29) is 0 Å². The summed E-state index contributed by atoms with van der Waals surface area (Å²) in [6.45, 7) is 0. The van der Waals surface area contributed by atoms with E-state index in [0.29, 0.717) is 35.9 Å². The summed E-state index contributed by atoms with van der Waals surface area (Å²) in [4.78, 5) is 0. The predicted molar refractivity (Wildman–Crippen MR) is 65.0 cm³/mol. The molecule has 0 fully saturated rings. The van der Waals surface area contributed by atoms with Gasteiger partial charge in [0.25, 0.3) is 0 Å². The third-order valence-electron chi connectivity index (χ3n) is 1.27. The average molecular weight is 218 g/mol. The van der Waals surface area contributed by atoms with Crippen molar-refractivity contribution in [2.75, 3.05) is 37.5 Å². The standard InChI is InChI=1S/C6H18S4/c1-7(2)9(5)10(6)8(3)4/h1-6H3. The number of hydrogen-bond acceptors (Lipinski definition) is 0. The molecular formula is C6H18S4. The fourth-order valence-electron chi connectivity index (χ4n) is 0.383. The quantitative estimate of drug-likeness (QED) is 0.576. The van der Waals surface area contributed by atoms with Crippen LogP contribution in [0.4, 0.5) is 0 Å². The highest BCUT2D eigenvalue weighted by atomic mass is 33.5. The summed E-state index contributed by atoms with van der Waals surface area (Å²) in [6, 6.07) is 0. The van der Waals surface area contributed by atoms with E-state index in [0.717, 1.165) is 0 Å². The van der Waals surface area contributed by atoms with Crippen LogP contribution in [0.25, 0.3) is 0 Å². The molecule has 2 unspecified atom stereocenters. The third kappa shape index (κ3) is 3.69. The summed E-state index contributed by atoms with van der Waals surface area (Å²) in [5.74, 6) is 0. The summed E-state index contributed by atoms with van der Waals surface area (Å²) in [5, 5.41) is 0. The molecule has 0 aliphatic carbocycles. The number of hydrogen-bond donors (Lipinski definition) is 0. The van der Waals surface area contributed by atoms with Crippen LogP contribution in [0.5, 0.6) is 0 Å². The highest BCUT2D eigenvalue weighted by molar-refractivity contribution is 8.93. The van der Waals surface area contributed by atoms with Crippen LogP contribution in [0.15, 0.2) is 0 Å². The first-order chi connectivity index (χ1) is 4.46. The second kappa shape index (κ2) is 5.12. The number of rotatable bonds is 1. The maximum Gasteiger partial charge on any atom is -0.00871 e. The first-order valence-electron chi connectivity index (χ1n) is 2.95. The van der Waals surface area contributed by atoms with Crippen LogP contribution in [0, 0.1) is 0 Å². The molecule has 0 saturated carbocycles. The van der Waals surface area contributed by atoms with Gasteiger partial charge in [0.1, 0.15) is 0 Å². The molecule has 0 nitrogen and oxygen atoms in total. The molecule has 0 aromatic heterocycles. The van der Waals surface area contributed by atoms with Gasteiger partial charge in [-0.05, 0) is 37.5 Å². The third-order valence-corrected chi connectivity index (χ3v) is 20.8. The Labute approximate surface area is 73.2 Å². The second-order valence-corrected chi connectivity index (χ2v) is 18.1. The van der Waals surface area contributed by atoms with Gasteiger partial charge in [-0.1, -0.05) is 0 Å². The van der Waals surface area contributed by atoms with Crippen molar-refractivity contribution in [3.63, 3.8) is 0 Å². The van der Waals surface area contributed by atoms with Crippen molar-refractivity contribution in [3.05, 3.63) is 0 Å². The zero-order valence-electron chi connectivity index (χ0n) is 7.63. The topological polar surface area (TPSA) is 0 Å². The lowest BCUT2D eigenvalue weighted by Gasteiger charge is -2.10. The first kappa shape index (κ1) is 11.4. The Kier molecular flexibility index (Phi) is 5.83. The highest BCUT2D eigenvalue weighted by Gasteiger charge is 1.91. The van der Waals surface area contributed by atoms with E-state index in [1.807, 2.05) is 0 Å². The monoisotopic (exact) mass is 218 g/mol. The molecule has 4 heteroatoms. The highest BCUT2D eigenvalue weighted by Crippen LogP contribution is 1.96. The SMILES string of the molecule is CS(C)=S(C)S(C)=S(C)C. The average Bonchev–Trinajstić information content (AvgIpc) is 1.84. The summed E-state index contributed by atoms with van der Waals surface area (Å²) in [5.41, 5.74) is 0. The van der Waals surface area contributed by atoms with Crippen LogP contribution in [0.2, 0.25) is 0 Å². The molecular weight excluding hydrogens is 200 g/mol. The van der Waals surface area contributed by atoms with E-state index >= 15 is 0 Å². The van der Waals surface area contributed by atoms with Crippen LogP contribution < -0.4 is 0 Å². The molecule has 0 aliphatic heterocycles. The first-order valence-corrected chi connectivity index (χ1v) is 11.8. The van der Waals surface area contributed by atoms with Gasteiger partial charge < -0.3 is 0 Å². The minimum Gasteiger partial charge on any atom is -0.159 e. The Morgan fingerprint density at radius 3 is 0.800 bits per heavy atom. The Hall–Kier alpha value is 1.40. The largest absolute Gasteiger partial charge is 0.159 e. The van der Waals surface area contributed by atoms with Gasteiger partial charge in [0, 0.05) is 0 Å². The van der Waals surface area contributed by atoms with Crippen molar-refractivity contribution >= 4 is 35.9 Å². The van der Waals surface area contributed by atoms with E-state index in [9.17, 15) is 0 Å². The Morgan fingerprint density at radius 2 is 0.700 bits per heavy atom. The normalized spacial score (nSPS) is 18.0. The molecule has 0 aromatic carbocycles. The van der Waals surface area contributed by atoms with Gasteiger partial charge in [0.15, 0.2) is 0 Å². The van der Waals surface area contributed by atoms with Gasteiger partial charge >= 0.3 is 0 Å². The van der Waals surface area contributed by atoms with Gasteiger partial charge in [-0.3, -0.25) is 0 Å². The Morgan fingerprint density at radius 1 is 0.500 bits per heavy atom. The molecule has 0 bridgehead atoms. The van der Waals surface area contributed by atoms with Gasteiger partial charge in [0.2, 0.25) is 0 Å². The van der Waals surface area contributed by atoms with Crippen molar-refractivity contribution in [2.24, 2.45) is 0 Å². The van der Waals surface area contributed by atoms with E-state index in [1.54, 1.807) is 0 Å². The molecule has 0 aliphatic rings. The lowest BCUT2D eigenvalue weighted by molar-refractivity contribution is 2.33. The zero-order valence-corrected chi connectivity index (χ0v) is 10.9. The maximum atomic E-state index is 2.42. The minimum atomic E-state index is 0.636. The molecule has 66 valence electrons. The second-order valence-electron chi connectivity index (χ2n) is 2.29. The lowest BCUT2D eigenvalue weighted by Crippen LogP contribution is -2.05. The van der Waals surface area contributed by atoms with Gasteiger partial charge in [-0.2, -0.15) is 18.9 Å². The van der Waals surface area contributed by atoms with Crippen LogP contribution in [-0.4, -0.2) is 37.5 Å². The maximum absolute atomic E-state index is 2.42. The smallest absolute Gasteiger partial charge is 0.00871 e. The molecule has 0 saturated heterocycles. The van der Waals surface area contributed by atoms with Crippen LogP contribution in [0.1, 0.15) is 0 Å². The van der Waals surface area contributed by atoms with Crippen LogP contribution in [-0.2, 0) is 35.9 Å². The molecule has 0 amide bonds. The molecule has 0 rings (SSSR count). The fourth-order valence-corrected chi connectivity index (χ4v) is 16.3. The van der Waals surface area contributed by atoms with Crippen molar-refractivity contribution in [3.8, 4) is 0 Å². The fraction of sp³-hybridized carbons (Fsp3) is 1.00. The molecule has 0 aromatic rings. The molecule has 0 heterocycles. The van der Waals surface area contributed by atoms with E-state index < -0.39 is 0 Å². The molecule has 0 spiro atoms. The zero-order chi connectivity index (χ0) is 8.31. The predicted octanol–water partition coefficient (Wildman–Crippen LogP) is 0.983. The van der Waals surface area contributed by atoms with Crippen molar-refractivity contribution in [1.82, 2.24) is 0 Å². The Balaban J connectivity index is 4.71. The summed E-state index contributed by atoms with van der Waals surface area (Å²) in [6.07, 6.45) is 14.3. The summed E-state index contributed by atoms with van der Waals surface area (Å²) in [7, 11) is 2.61. The van der Waals surface area contributed by atoms with Crippen LogP contribution in [0.3, 0.4) is 0 Å². The lowest BCUT2D eigenvalue weighted by atomic mass is 11.9. The Bertz CT molecular complexity index is 160. The van der Waals surface area contributed by atoms with Gasteiger partial charge in [0.05, 0.1) is 0 Å². The minimum absolute atomic E-state index is 0.636. The van der Waals surface area contributed by atoms with Crippen LogP contribution >= 0.6 is 0 Å².